The lowest BCUT2D eigenvalue weighted by molar-refractivity contribution is 0.0748. The van der Waals surface area contributed by atoms with Gasteiger partial charge in [-0.2, -0.15) is 10.4 Å². The van der Waals surface area contributed by atoms with Crippen molar-refractivity contribution in [3.63, 3.8) is 0 Å². The second-order valence-corrected chi connectivity index (χ2v) is 9.88. The van der Waals surface area contributed by atoms with Crippen LogP contribution in [0.3, 0.4) is 0 Å². The van der Waals surface area contributed by atoms with Crippen molar-refractivity contribution in [3.8, 4) is 6.07 Å². The van der Waals surface area contributed by atoms with Crippen LogP contribution in [0.4, 0.5) is 5.82 Å². The van der Waals surface area contributed by atoms with Gasteiger partial charge in [0.15, 0.2) is 5.65 Å². The maximum absolute atomic E-state index is 13.7. The van der Waals surface area contributed by atoms with E-state index < -0.39 is 0 Å². The molecular formula is C25H31N7O. The van der Waals surface area contributed by atoms with Crippen molar-refractivity contribution in [1.82, 2.24) is 24.6 Å². The summed E-state index contributed by atoms with van der Waals surface area (Å²) in [5.74, 6) is 0.875. The van der Waals surface area contributed by atoms with E-state index in [0.29, 0.717) is 43.1 Å². The van der Waals surface area contributed by atoms with E-state index >= 15 is 0 Å². The zero-order chi connectivity index (χ0) is 23.9. The fourth-order valence-electron chi connectivity index (χ4n) is 4.27. The van der Waals surface area contributed by atoms with Crippen LogP contribution in [0, 0.1) is 18.3 Å². The van der Waals surface area contributed by atoms with Gasteiger partial charge in [0, 0.05) is 38.1 Å². The Hall–Kier alpha value is -3.47. The van der Waals surface area contributed by atoms with E-state index in [1.165, 1.54) is 0 Å². The van der Waals surface area contributed by atoms with E-state index in [2.05, 4.69) is 50.6 Å². The number of nitriles is 1. The topological polar surface area (TPSA) is 90.9 Å². The lowest BCUT2D eigenvalue weighted by Crippen LogP contribution is -2.49. The van der Waals surface area contributed by atoms with Crippen LogP contribution in [-0.2, 0) is 5.54 Å². The van der Waals surface area contributed by atoms with E-state index in [0.717, 1.165) is 22.4 Å². The molecule has 0 spiro atoms. The van der Waals surface area contributed by atoms with Crippen molar-refractivity contribution >= 4 is 22.8 Å². The Bertz CT molecular complexity index is 1240. The molecule has 1 fully saturated rings. The summed E-state index contributed by atoms with van der Waals surface area (Å²) in [6.07, 6.45) is 1.70. The van der Waals surface area contributed by atoms with Gasteiger partial charge in [0.1, 0.15) is 11.9 Å². The zero-order valence-electron chi connectivity index (χ0n) is 20.3. The predicted octanol–water partition coefficient (Wildman–Crippen LogP) is 3.85. The number of carbonyl (C=O) groups excluding carboxylic acids is 1. The number of anilines is 1. The largest absolute Gasteiger partial charge is 0.352 e. The second kappa shape index (κ2) is 8.47. The number of pyridine rings is 2. The highest BCUT2D eigenvalue weighted by Gasteiger charge is 2.29. The third-order valence-electron chi connectivity index (χ3n) is 6.06. The molecule has 33 heavy (non-hydrogen) atoms. The van der Waals surface area contributed by atoms with Crippen molar-refractivity contribution in [2.45, 2.75) is 53.0 Å². The van der Waals surface area contributed by atoms with Gasteiger partial charge >= 0.3 is 0 Å². The number of hydrogen-bond donors (Lipinski definition) is 0. The summed E-state index contributed by atoms with van der Waals surface area (Å²) in [7, 11) is 0. The fraction of sp³-hybridized carbons (Fsp3) is 0.480. The van der Waals surface area contributed by atoms with Gasteiger partial charge < -0.3 is 9.80 Å². The molecule has 0 atom stereocenters. The number of nitrogens with zero attached hydrogens (tertiary/aromatic N) is 7. The molecule has 0 aromatic carbocycles. The Balaban J connectivity index is 1.68. The molecule has 0 radical (unpaired) electrons. The first-order valence-corrected chi connectivity index (χ1v) is 11.4. The molecular weight excluding hydrogens is 414 g/mol. The van der Waals surface area contributed by atoms with Crippen LogP contribution in [0.2, 0.25) is 0 Å². The van der Waals surface area contributed by atoms with Gasteiger partial charge in [0.25, 0.3) is 5.91 Å². The first-order chi connectivity index (χ1) is 15.6. The van der Waals surface area contributed by atoms with Crippen molar-refractivity contribution in [2.24, 2.45) is 0 Å². The van der Waals surface area contributed by atoms with Crippen molar-refractivity contribution in [1.29, 1.82) is 5.26 Å². The van der Waals surface area contributed by atoms with E-state index in [9.17, 15) is 10.1 Å². The van der Waals surface area contributed by atoms with Crippen LogP contribution in [0.1, 0.15) is 67.8 Å². The lowest BCUT2D eigenvalue weighted by Gasteiger charge is -2.36. The highest BCUT2D eigenvalue weighted by molar-refractivity contribution is 6.06. The minimum atomic E-state index is -0.248. The Kier molecular flexibility index (Phi) is 5.83. The minimum absolute atomic E-state index is 0.00189. The molecule has 3 aromatic rings. The number of aromatic nitrogens is 4. The Labute approximate surface area is 194 Å². The summed E-state index contributed by atoms with van der Waals surface area (Å²) in [5.41, 5.74) is 3.45. The van der Waals surface area contributed by atoms with Crippen LogP contribution in [0.15, 0.2) is 24.4 Å². The molecule has 172 valence electrons. The average molecular weight is 446 g/mol. The van der Waals surface area contributed by atoms with E-state index in [4.69, 9.17) is 10.1 Å². The molecule has 1 amide bonds. The van der Waals surface area contributed by atoms with E-state index in [1.54, 1.807) is 18.3 Å². The Morgan fingerprint density at radius 3 is 2.48 bits per heavy atom. The number of carbonyl (C=O) groups is 1. The minimum Gasteiger partial charge on any atom is -0.352 e. The quantitative estimate of drug-likeness (QED) is 0.608. The maximum atomic E-state index is 13.7. The van der Waals surface area contributed by atoms with Gasteiger partial charge in [0.05, 0.1) is 27.7 Å². The van der Waals surface area contributed by atoms with E-state index in [-0.39, 0.29) is 17.4 Å². The van der Waals surface area contributed by atoms with Crippen LogP contribution in [0.5, 0.6) is 0 Å². The lowest BCUT2D eigenvalue weighted by atomic mass is 10.0. The van der Waals surface area contributed by atoms with Gasteiger partial charge in [-0.05, 0) is 51.8 Å². The molecule has 0 N–H and O–H groups in total. The molecule has 1 saturated heterocycles. The number of piperazine rings is 1. The standard InChI is InChI=1S/C25H31N7O/c1-16(2)20-14-19(21-17(3)29-32(23(21)28-20)25(4,5)6)24(33)31-12-10-30(11-13-31)22-18(15-26)8-7-9-27-22/h7-9,14,16H,10-13H2,1-6H3. The van der Waals surface area contributed by atoms with Gasteiger partial charge in [-0.25, -0.2) is 14.6 Å². The molecule has 4 rings (SSSR count). The normalized spacial score (nSPS) is 14.7. The Morgan fingerprint density at radius 2 is 1.88 bits per heavy atom. The molecule has 8 nitrogen and oxygen atoms in total. The summed E-state index contributed by atoms with van der Waals surface area (Å²) in [6.45, 7) is 14.8. The zero-order valence-corrected chi connectivity index (χ0v) is 20.3. The number of amides is 1. The SMILES string of the molecule is Cc1nn(C(C)(C)C)c2nc(C(C)C)cc(C(=O)N3CCN(c4ncccc4C#N)CC3)c12. The number of aryl methyl sites for hydroxylation is 1. The first kappa shape index (κ1) is 22.7. The molecule has 0 aliphatic carbocycles. The van der Waals surface area contributed by atoms with Crippen molar-refractivity contribution in [2.75, 3.05) is 31.1 Å². The highest BCUT2D eigenvalue weighted by Crippen LogP contribution is 2.30. The predicted molar refractivity (Wildman–Crippen MR) is 128 cm³/mol. The number of fused-ring (bicyclic) bond motifs is 1. The average Bonchev–Trinajstić information content (AvgIpc) is 3.15. The summed E-state index contributed by atoms with van der Waals surface area (Å²) < 4.78 is 1.93. The molecule has 1 aliphatic heterocycles. The van der Waals surface area contributed by atoms with Crippen LogP contribution in [0.25, 0.3) is 11.0 Å². The fourth-order valence-corrected chi connectivity index (χ4v) is 4.27. The molecule has 3 aromatic heterocycles. The molecule has 8 heteroatoms. The van der Waals surface area contributed by atoms with E-state index in [1.807, 2.05) is 22.6 Å². The number of hydrogen-bond acceptors (Lipinski definition) is 6. The molecule has 4 heterocycles. The van der Waals surface area contributed by atoms with Crippen LogP contribution in [-0.4, -0.2) is 56.7 Å². The third kappa shape index (κ3) is 4.15. The van der Waals surface area contributed by atoms with Gasteiger partial charge in [-0.1, -0.05) is 13.8 Å². The summed E-state index contributed by atoms with van der Waals surface area (Å²) in [5, 5.41) is 15.0. The first-order valence-electron chi connectivity index (χ1n) is 11.4. The van der Waals surface area contributed by atoms with Crippen molar-refractivity contribution < 1.29 is 4.79 Å². The third-order valence-corrected chi connectivity index (χ3v) is 6.06. The summed E-state index contributed by atoms with van der Waals surface area (Å²) in [4.78, 5) is 27.0. The van der Waals surface area contributed by atoms with Crippen molar-refractivity contribution in [3.05, 3.63) is 46.9 Å². The Morgan fingerprint density at radius 1 is 1.18 bits per heavy atom. The summed E-state index contributed by atoms with van der Waals surface area (Å²) >= 11 is 0. The molecule has 0 saturated carbocycles. The maximum Gasteiger partial charge on any atom is 0.254 e. The smallest absolute Gasteiger partial charge is 0.254 e. The second-order valence-electron chi connectivity index (χ2n) is 9.88. The van der Waals surface area contributed by atoms with Gasteiger partial charge in [-0.3, -0.25) is 4.79 Å². The number of rotatable bonds is 3. The highest BCUT2D eigenvalue weighted by atomic mass is 16.2. The van der Waals surface area contributed by atoms with Crippen LogP contribution >= 0.6 is 0 Å². The van der Waals surface area contributed by atoms with Gasteiger partial charge in [0.2, 0.25) is 0 Å². The summed E-state index contributed by atoms with van der Waals surface area (Å²) in [6, 6.07) is 7.69. The molecule has 0 unspecified atom stereocenters. The van der Waals surface area contributed by atoms with Crippen LogP contribution < -0.4 is 4.90 Å². The molecule has 0 bridgehead atoms. The molecule has 1 aliphatic rings. The monoisotopic (exact) mass is 445 g/mol. The van der Waals surface area contributed by atoms with Gasteiger partial charge in [-0.15, -0.1) is 0 Å².